The quantitative estimate of drug-likeness (QED) is 0.0362. The summed E-state index contributed by atoms with van der Waals surface area (Å²) in [6, 6.07) is 13.4. The Hall–Kier alpha value is -2.84. The fourth-order valence-corrected chi connectivity index (χ4v) is 12.9. The van der Waals surface area contributed by atoms with Gasteiger partial charge in [-0.3, -0.25) is 9.59 Å². The number of alkyl carbamates (subject to hydrolysis) is 1. The molecule has 0 bridgehead atoms. The first-order chi connectivity index (χ1) is 37.7. The maximum atomic E-state index is 14.1. The third kappa shape index (κ3) is 19.3. The highest BCUT2D eigenvalue weighted by atomic mass is 28.4. The molecular formula is C63H114N4O12Si4. The summed E-state index contributed by atoms with van der Waals surface area (Å²) < 4.78 is 42.9. The minimum atomic E-state index is -2.29. The topological polar surface area (TPSA) is 225 Å². The van der Waals surface area contributed by atoms with E-state index < -0.39 is 92.8 Å². The molecule has 7 N–H and O–H groups in total. The van der Waals surface area contributed by atoms with Crippen molar-refractivity contribution in [2.24, 2.45) is 17.6 Å². The van der Waals surface area contributed by atoms with E-state index >= 15 is 0 Å². The molecule has 5 rings (SSSR count). The molecular weight excluding hydrogens is 1120 g/mol. The summed E-state index contributed by atoms with van der Waals surface area (Å²) in [6.45, 7) is 53.0. The number of epoxide rings is 2. The highest BCUT2D eigenvalue weighted by molar-refractivity contribution is 6.75. The van der Waals surface area contributed by atoms with Gasteiger partial charge in [-0.15, -0.1) is 0 Å². The molecule has 0 aromatic heterocycles. The predicted octanol–water partition coefficient (Wildman–Crippen LogP) is 11.6. The number of carbonyl (C=O) groups excluding carboxylic acids is 3. The lowest BCUT2D eigenvalue weighted by Crippen LogP contribution is -2.59. The van der Waals surface area contributed by atoms with Crippen LogP contribution < -0.4 is 21.7 Å². The molecule has 20 heteroatoms. The summed E-state index contributed by atoms with van der Waals surface area (Å²) in [6.07, 6.45) is -1.44. The summed E-state index contributed by atoms with van der Waals surface area (Å²) >= 11 is 0. The Balaban J connectivity index is 0.000000390. The van der Waals surface area contributed by atoms with Crippen LogP contribution in [0.2, 0.25) is 72.5 Å². The van der Waals surface area contributed by atoms with Gasteiger partial charge in [0.1, 0.15) is 42.1 Å². The average molecular weight is 1230 g/mol. The largest absolute Gasteiger partial charge is 0.449 e. The fourth-order valence-electron chi connectivity index (χ4n) is 8.82. The third-order valence-corrected chi connectivity index (χ3v) is 37.0. The Bertz CT molecular complexity index is 2410. The van der Waals surface area contributed by atoms with E-state index in [0.717, 1.165) is 22.3 Å². The van der Waals surface area contributed by atoms with Gasteiger partial charge < -0.3 is 63.8 Å². The van der Waals surface area contributed by atoms with Crippen molar-refractivity contribution in [3.05, 3.63) is 59.7 Å². The molecule has 16 nitrogen and oxygen atoms in total. The number of aliphatic hydroxyl groups excluding tert-OH is 2. The van der Waals surface area contributed by atoms with Crippen molar-refractivity contribution in [1.29, 1.82) is 0 Å². The predicted molar refractivity (Wildman–Crippen MR) is 345 cm³/mol. The van der Waals surface area contributed by atoms with Crippen LogP contribution in [-0.4, -0.2) is 155 Å². The van der Waals surface area contributed by atoms with Crippen molar-refractivity contribution in [2.45, 2.75) is 250 Å². The monoisotopic (exact) mass is 1230 g/mol. The molecule has 2 saturated heterocycles. The number of hydrogen-bond donors (Lipinski definition) is 6. The molecule has 2 unspecified atom stereocenters. The van der Waals surface area contributed by atoms with Crippen LogP contribution in [0.5, 0.6) is 0 Å². The highest BCUT2D eigenvalue weighted by Gasteiger charge is 2.58. The first-order valence-corrected chi connectivity index (χ1v) is 42.0. The number of ether oxygens (including phenoxy) is 3. The molecule has 83 heavy (non-hydrogen) atoms. The van der Waals surface area contributed by atoms with E-state index in [-0.39, 0.29) is 70.2 Å². The number of rotatable bonds is 27. The number of hydrogen-bond acceptors (Lipinski definition) is 13. The van der Waals surface area contributed by atoms with Gasteiger partial charge in [-0.2, -0.15) is 0 Å². The molecule has 8 atom stereocenters. The van der Waals surface area contributed by atoms with Crippen LogP contribution in [0.3, 0.4) is 0 Å². The smallest absolute Gasteiger partial charge is 0.407 e. The number of nitrogens with one attached hydrogen (secondary N) is 3. The summed E-state index contributed by atoms with van der Waals surface area (Å²) in [4.78, 5) is 40.5. The highest BCUT2D eigenvalue weighted by Crippen LogP contribution is 2.46. The Labute approximate surface area is 505 Å². The summed E-state index contributed by atoms with van der Waals surface area (Å²) in [5, 5.41) is 31.9. The minimum absolute atomic E-state index is 0.00175. The molecule has 2 aromatic carbocycles. The van der Waals surface area contributed by atoms with Crippen molar-refractivity contribution < 1.29 is 56.5 Å². The molecule has 3 amide bonds. The number of carbonyl (C=O) groups is 3. The maximum absolute atomic E-state index is 14.1. The summed E-state index contributed by atoms with van der Waals surface area (Å²) in [5.74, 6) is -0.411. The van der Waals surface area contributed by atoms with E-state index in [2.05, 4.69) is 190 Å². The van der Waals surface area contributed by atoms with Crippen LogP contribution in [0, 0.1) is 11.8 Å². The molecule has 0 radical (unpaired) electrons. The van der Waals surface area contributed by atoms with Gasteiger partial charge in [0, 0.05) is 5.92 Å². The molecule has 2 heterocycles. The van der Waals surface area contributed by atoms with Crippen molar-refractivity contribution in [1.82, 2.24) is 16.0 Å². The van der Waals surface area contributed by atoms with Crippen molar-refractivity contribution in [3.63, 3.8) is 0 Å². The van der Waals surface area contributed by atoms with Crippen LogP contribution in [0.25, 0.3) is 11.1 Å². The molecule has 2 fully saturated rings. The normalized spacial score (nSPS) is 20.9. The first-order valence-electron chi connectivity index (χ1n) is 30.4. The minimum Gasteiger partial charge on any atom is -0.449 e. The van der Waals surface area contributed by atoms with Crippen LogP contribution in [-0.2, 0) is 41.5 Å². The van der Waals surface area contributed by atoms with Gasteiger partial charge in [0.25, 0.3) is 0 Å². The third-order valence-electron chi connectivity index (χ3n) is 19.1. The maximum Gasteiger partial charge on any atom is 0.407 e. The van der Waals surface area contributed by atoms with Crippen LogP contribution >= 0.6 is 0 Å². The van der Waals surface area contributed by atoms with E-state index in [1.165, 1.54) is 0 Å². The van der Waals surface area contributed by atoms with Crippen LogP contribution in [0.15, 0.2) is 48.5 Å². The second-order valence-electron chi connectivity index (χ2n) is 31.0. The lowest BCUT2D eigenvalue weighted by Gasteiger charge is -2.38. The molecule has 0 saturated carbocycles. The summed E-state index contributed by atoms with van der Waals surface area (Å²) in [7, 11) is -8.40. The second kappa shape index (κ2) is 27.7. The van der Waals surface area contributed by atoms with Gasteiger partial charge in [-0.1, -0.05) is 159 Å². The zero-order valence-electron chi connectivity index (χ0n) is 55.7. The van der Waals surface area contributed by atoms with Crippen LogP contribution in [0.4, 0.5) is 4.79 Å². The van der Waals surface area contributed by atoms with E-state index in [1.54, 1.807) is 0 Å². The number of nitrogens with two attached hydrogens (primary N) is 1. The van der Waals surface area contributed by atoms with Gasteiger partial charge in [0.05, 0.1) is 51.7 Å². The van der Waals surface area contributed by atoms with Crippen molar-refractivity contribution >= 4 is 51.2 Å². The van der Waals surface area contributed by atoms with Crippen LogP contribution in [0.1, 0.15) is 141 Å². The Morgan fingerprint density at radius 1 is 0.566 bits per heavy atom. The molecule has 0 spiro atoms. The fraction of sp³-hybridized carbons (Fsp3) is 0.762. The summed E-state index contributed by atoms with van der Waals surface area (Å²) in [5.41, 5.74) is 9.01. The van der Waals surface area contributed by atoms with Crippen molar-refractivity contribution in [3.8, 4) is 11.1 Å². The average Bonchev–Trinajstić information content (AvgIpc) is 3.78. The van der Waals surface area contributed by atoms with Gasteiger partial charge in [0.15, 0.2) is 33.3 Å². The first kappa shape index (κ1) is 72.6. The van der Waals surface area contributed by atoms with E-state index in [1.807, 2.05) is 38.1 Å². The number of fused-ring (bicyclic) bond motifs is 3. The zero-order valence-corrected chi connectivity index (χ0v) is 59.7. The van der Waals surface area contributed by atoms with E-state index in [9.17, 15) is 24.6 Å². The Morgan fingerprint density at radius 3 is 1.25 bits per heavy atom. The van der Waals surface area contributed by atoms with Gasteiger partial charge in [0.2, 0.25) is 11.8 Å². The zero-order chi connectivity index (χ0) is 63.3. The molecule has 474 valence electrons. The van der Waals surface area contributed by atoms with E-state index in [4.69, 9.17) is 37.6 Å². The van der Waals surface area contributed by atoms with Gasteiger partial charge in [-0.25, -0.2) is 4.79 Å². The standard InChI is InChI=1S/C39H62N2O7Si2.C24H52N2O5Si2/c1-26(2)21-32(34(42)39(24-46-39)25-48-50(11,12)38(6,7)8)40-35(43)33(23-47-49(9,10)37(3,4)5)41-36(44)45-22-31-29-19-15-13-17-27(29)28-18-14-16-20-30(28)31;1-17(2)13-19(26-21(28)18(25)14-30-32(9,10)22(3,4)5)20(27)24(15-29-24)16-31-33(11,12)23(6,7)8/h13-20,26,31-34,42H,21-25H2,1-12H3,(H,40,43)(H,41,44);17-20,27H,13-16,25H2,1-12H3,(H,26,28)/t32?,33-,34-,39-;18-,19?,20-,24-/m00/s1. The molecule has 1 aliphatic carbocycles. The Morgan fingerprint density at radius 2 is 0.904 bits per heavy atom. The molecule has 3 aliphatic rings. The number of amides is 3. The van der Waals surface area contributed by atoms with Gasteiger partial charge >= 0.3 is 6.09 Å². The molecule has 2 aliphatic heterocycles. The SMILES string of the molecule is CC(C)CC(NC(=O)[C@@H](N)CO[Si](C)(C)C(C)(C)C)[C@H](O)[C@@]1(CO[Si](C)(C)C(C)(C)C)CO1.CC(C)CC(NC(=O)[C@H](CO[Si](C)(C)C(C)(C)C)NC(=O)OCC1c2ccccc2-c2ccccc21)[C@H](O)[C@@]1(CO[Si](C)(C)C(C)(C)C)CO1. The van der Waals surface area contributed by atoms with Gasteiger partial charge in [-0.05, 0) is 119 Å². The second-order valence-corrected chi connectivity index (χ2v) is 50.2. The molecule has 2 aromatic rings. The Kier molecular flexibility index (Phi) is 24.2. The van der Waals surface area contributed by atoms with E-state index in [0.29, 0.717) is 32.7 Å². The number of aliphatic hydroxyl groups is 2. The van der Waals surface area contributed by atoms with Crippen molar-refractivity contribution in [2.75, 3.05) is 46.2 Å². The lowest BCUT2D eigenvalue weighted by atomic mass is 9.91. The number of benzene rings is 2. The lowest BCUT2D eigenvalue weighted by molar-refractivity contribution is -0.126.